The topological polar surface area (TPSA) is 61.8 Å². The number of carbonyl (C=O) groups excluding carboxylic acids is 1. The molecule has 0 spiro atoms. The van der Waals surface area contributed by atoms with E-state index in [1.807, 2.05) is 7.05 Å². The number of nitrogens with zero attached hydrogens (tertiary/aromatic N) is 1. The van der Waals surface area contributed by atoms with E-state index in [9.17, 15) is 4.79 Å². The fourth-order valence-electron chi connectivity index (χ4n) is 2.10. The van der Waals surface area contributed by atoms with Crippen molar-refractivity contribution in [2.24, 2.45) is 0 Å². The molecule has 21 heavy (non-hydrogen) atoms. The smallest absolute Gasteiger partial charge is 0.407 e. The average Bonchev–Trinajstić information content (AvgIpc) is 2.48. The summed E-state index contributed by atoms with van der Waals surface area (Å²) < 4.78 is 5.20. The Morgan fingerprint density at radius 1 is 1.19 bits per heavy atom. The summed E-state index contributed by atoms with van der Waals surface area (Å²) in [4.78, 5) is 13.9. The molecule has 0 aromatic heterocycles. The van der Waals surface area contributed by atoms with Gasteiger partial charge in [0.05, 0.1) is 0 Å². The maximum absolute atomic E-state index is 11.8. The molecule has 0 aliphatic heterocycles. The van der Waals surface area contributed by atoms with Crippen LogP contribution in [0.3, 0.4) is 0 Å². The van der Waals surface area contributed by atoms with Gasteiger partial charge in [0.15, 0.2) is 0 Å². The number of unbranched alkanes of at least 4 members (excludes halogenated alkanes) is 3. The van der Waals surface area contributed by atoms with E-state index >= 15 is 0 Å². The number of aliphatic hydroxyl groups is 1. The largest absolute Gasteiger partial charge is 0.448 e. The van der Waals surface area contributed by atoms with Crippen molar-refractivity contribution >= 4 is 6.09 Å². The van der Waals surface area contributed by atoms with Crippen LogP contribution in [0.1, 0.15) is 58.8 Å². The number of alkyl carbamates (subject to hydrolysis) is 1. The minimum Gasteiger partial charge on any atom is -0.448 e. The monoisotopic (exact) mass is 302 g/mol. The van der Waals surface area contributed by atoms with Gasteiger partial charge in [-0.2, -0.15) is 0 Å². The molecule has 0 aromatic carbocycles. The Kier molecular flexibility index (Phi) is 13.6. The van der Waals surface area contributed by atoms with Gasteiger partial charge in [-0.05, 0) is 32.9 Å². The lowest BCUT2D eigenvalue weighted by atomic mass is 10.0. The molecule has 0 bridgehead atoms. The molecule has 5 nitrogen and oxygen atoms in total. The highest BCUT2D eigenvalue weighted by atomic mass is 16.5. The average molecular weight is 302 g/mol. The first-order valence-electron chi connectivity index (χ1n) is 8.36. The molecule has 0 aromatic rings. The second kappa shape index (κ2) is 14.1. The van der Waals surface area contributed by atoms with Crippen LogP contribution in [0.15, 0.2) is 0 Å². The molecule has 2 N–H and O–H groups in total. The van der Waals surface area contributed by atoms with Crippen molar-refractivity contribution in [1.82, 2.24) is 10.2 Å². The summed E-state index contributed by atoms with van der Waals surface area (Å²) in [5, 5.41) is 11.9. The van der Waals surface area contributed by atoms with Gasteiger partial charge in [0.2, 0.25) is 0 Å². The molecule has 0 aliphatic carbocycles. The van der Waals surface area contributed by atoms with Crippen molar-refractivity contribution in [2.75, 3.05) is 33.4 Å². The molecule has 0 aliphatic rings. The minimum absolute atomic E-state index is 0.116. The first kappa shape index (κ1) is 20.2. The highest BCUT2D eigenvalue weighted by molar-refractivity contribution is 5.67. The molecule has 0 rings (SSSR count). The van der Waals surface area contributed by atoms with Crippen molar-refractivity contribution in [3.05, 3.63) is 0 Å². The summed E-state index contributed by atoms with van der Waals surface area (Å²) in [6, 6.07) is 0.116. The molecule has 1 unspecified atom stereocenters. The maximum atomic E-state index is 11.8. The van der Waals surface area contributed by atoms with E-state index in [0.29, 0.717) is 6.61 Å². The highest BCUT2D eigenvalue weighted by Crippen LogP contribution is 2.10. The number of nitrogens with one attached hydrogen (secondary N) is 1. The van der Waals surface area contributed by atoms with Gasteiger partial charge in [-0.15, -0.1) is 0 Å². The Morgan fingerprint density at radius 2 is 1.90 bits per heavy atom. The molecule has 0 saturated heterocycles. The number of aliphatic hydroxyl groups excluding tert-OH is 1. The van der Waals surface area contributed by atoms with Crippen LogP contribution in [0.5, 0.6) is 0 Å². The van der Waals surface area contributed by atoms with Gasteiger partial charge < -0.3 is 20.1 Å². The van der Waals surface area contributed by atoms with E-state index in [4.69, 9.17) is 9.84 Å². The molecule has 126 valence electrons. The van der Waals surface area contributed by atoms with Crippen LogP contribution in [0.25, 0.3) is 0 Å². The SMILES string of the molecule is CCCCCCC(CCCO)NC(=O)OCCN(C)CC. The molecular weight excluding hydrogens is 268 g/mol. The van der Waals surface area contributed by atoms with Gasteiger partial charge in [-0.3, -0.25) is 0 Å². The Bertz CT molecular complexity index is 250. The lowest BCUT2D eigenvalue weighted by Gasteiger charge is -2.19. The van der Waals surface area contributed by atoms with E-state index < -0.39 is 0 Å². The molecular formula is C16H34N2O3. The van der Waals surface area contributed by atoms with Crippen molar-refractivity contribution in [1.29, 1.82) is 0 Å². The Morgan fingerprint density at radius 3 is 2.52 bits per heavy atom. The quantitative estimate of drug-likeness (QED) is 0.514. The predicted octanol–water partition coefficient (Wildman–Crippen LogP) is 2.78. The van der Waals surface area contributed by atoms with Crippen molar-refractivity contribution in [3.63, 3.8) is 0 Å². The van der Waals surface area contributed by atoms with Gasteiger partial charge in [0, 0.05) is 19.2 Å². The number of likely N-dealkylation sites (N-methyl/N-ethyl adjacent to an activating group) is 1. The van der Waals surface area contributed by atoms with Crippen LogP contribution in [0.4, 0.5) is 4.79 Å². The van der Waals surface area contributed by atoms with Crippen LogP contribution in [-0.2, 0) is 4.74 Å². The van der Waals surface area contributed by atoms with E-state index in [-0.39, 0.29) is 18.7 Å². The summed E-state index contributed by atoms with van der Waals surface area (Å²) in [5.74, 6) is 0. The summed E-state index contributed by atoms with van der Waals surface area (Å²) in [6.45, 7) is 6.54. The van der Waals surface area contributed by atoms with Gasteiger partial charge in [0.25, 0.3) is 0 Å². The molecule has 1 atom stereocenters. The lowest BCUT2D eigenvalue weighted by molar-refractivity contribution is 0.128. The van der Waals surface area contributed by atoms with Crippen molar-refractivity contribution < 1.29 is 14.6 Å². The normalized spacial score (nSPS) is 12.4. The zero-order chi connectivity index (χ0) is 15.9. The standard InChI is InChI=1S/C16H34N2O3/c1-4-6-7-8-10-15(11-9-13-19)17-16(20)21-14-12-18(3)5-2/h15,19H,4-14H2,1-3H3,(H,17,20). The number of amides is 1. The molecule has 0 heterocycles. The minimum atomic E-state index is -0.335. The van der Waals surface area contributed by atoms with E-state index in [1.165, 1.54) is 19.3 Å². The molecule has 0 saturated carbocycles. The van der Waals surface area contributed by atoms with E-state index in [1.54, 1.807) is 0 Å². The zero-order valence-electron chi connectivity index (χ0n) is 14.1. The second-order valence-electron chi connectivity index (χ2n) is 5.59. The molecule has 1 amide bonds. The maximum Gasteiger partial charge on any atom is 0.407 e. The summed E-state index contributed by atoms with van der Waals surface area (Å²) in [7, 11) is 2.00. The lowest BCUT2D eigenvalue weighted by Crippen LogP contribution is -2.36. The van der Waals surface area contributed by atoms with Gasteiger partial charge in [-0.1, -0.05) is 39.5 Å². The number of hydrogen-bond donors (Lipinski definition) is 2. The molecule has 5 heteroatoms. The summed E-state index contributed by atoms with van der Waals surface area (Å²) >= 11 is 0. The Labute approximate surface area is 130 Å². The first-order valence-corrected chi connectivity index (χ1v) is 8.36. The fraction of sp³-hybridized carbons (Fsp3) is 0.938. The van der Waals surface area contributed by atoms with Gasteiger partial charge in [0.1, 0.15) is 6.61 Å². The second-order valence-corrected chi connectivity index (χ2v) is 5.59. The predicted molar refractivity (Wildman–Crippen MR) is 86.5 cm³/mol. The summed E-state index contributed by atoms with van der Waals surface area (Å²) in [5.41, 5.74) is 0. The van der Waals surface area contributed by atoms with E-state index in [2.05, 4.69) is 24.1 Å². The molecule has 0 radical (unpaired) electrons. The summed E-state index contributed by atoms with van der Waals surface area (Å²) in [6.07, 6.45) is 6.92. The third-order valence-corrected chi connectivity index (χ3v) is 3.68. The van der Waals surface area contributed by atoms with Gasteiger partial charge >= 0.3 is 6.09 Å². The van der Waals surface area contributed by atoms with Crippen molar-refractivity contribution in [3.8, 4) is 0 Å². The number of rotatable bonds is 13. The number of ether oxygens (including phenoxy) is 1. The highest BCUT2D eigenvalue weighted by Gasteiger charge is 2.12. The Hall–Kier alpha value is -0.810. The van der Waals surface area contributed by atoms with Crippen LogP contribution >= 0.6 is 0 Å². The Balaban J connectivity index is 3.92. The van der Waals surface area contributed by atoms with Crippen LogP contribution in [0.2, 0.25) is 0 Å². The van der Waals surface area contributed by atoms with E-state index in [0.717, 1.165) is 38.8 Å². The van der Waals surface area contributed by atoms with Crippen molar-refractivity contribution in [2.45, 2.75) is 64.8 Å². The van der Waals surface area contributed by atoms with Gasteiger partial charge in [-0.25, -0.2) is 4.79 Å². The zero-order valence-corrected chi connectivity index (χ0v) is 14.1. The number of carbonyl (C=O) groups is 1. The molecule has 0 fully saturated rings. The van der Waals surface area contributed by atoms with Crippen LogP contribution in [-0.4, -0.2) is 55.5 Å². The van der Waals surface area contributed by atoms with Crippen LogP contribution in [0, 0.1) is 0 Å². The van der Waals surface area contributed by atoms with Crippen LogP contribution < -0.4 is 5.32 Å². The third kappa shape index (κ3) is 12.6. The fourth-order valence-corrected chi connectivity index (χ4v) is 2.10. The number of hydrogen-bond acceptors (Lipinski definition) is 4. The first-order chi connectivity index (χ1) is 10.1. The third-order valence-electron chi connectivity index (χ3n) is 3.68.